The van der Waals surface area contributed by atoms with E-state index in [0.29, 0.717) is 12.8 Å². The third kappa shape index (κ3) is 26.3. The first kappa shape index (κ1) is 62.9. The van der Waals surface area contributed by atoms with Crippen LogP contribution in [0.1, 0.15) is 155 Å². The highest BCUT2D eigenvalue weighted by Gasteiger charge is 2.52. The molecule has 2 fully saturated rings. The predicted octanol–water partition coefficient (Wildman–Crippen LogP) is 5.07. The maximum absolute atomic E-state index is 13.7. The molecule has 1 aliphatic carbocycles. The summed E-state index contributed by atoms with van der Waals surface area (Å²) in [4.78, 5) is 69.9. The van der Waals surface area contributed by atoms with E-state index in [9.17, 15) is 73.9 Å². The summed E-state index contributed by atoms with van der Waals surface area (Å²) < 4.78 is 52.0. The minimum absolute atomic E-state index is 0.0132. The van der Waals surface area contributed by atoms with Gasteiger partial charge in [0.15, 0.2) is 6.10 Å². The fourth-order valence-electron chi connectivity index (χ4n) is 8.17. The molecular formula is C47H82O20P2. The van der Waals surface area contributed by atoms with Gasteiger partial charge < -0.3 is 59.9 Å². The van der Waals surface area contributed by atoms with Crippen molar-refractivity contribution >= 4 is 33.4 Å². The molecule has 69 heavy (non-hydrogen) atoms. The van der Waals surface area contributed by atoms with Crippen LogP contribution in [0, 0.1) is 11.8 Å². The van der Waals surface area contributed by atoms with Crippen LogP contribution in [-0.4, -0.2) is 142 Å². The van der Waals surface area contributed by atoms with Crippen molar-refractivity contribution in [1.82, 2.24) is 0 Å². The summed E-state index contributed by atoms with van der Waals surface area (Å²) in [7, 11) is -11.5. The third-order valence-corrected chi connectivity index (χ3v) is 13.7. The molecule has 20 nitrogen and oxygen atoms in total. The quantitative estimate of drug-likeness (QED) is 0.0261. The van der Waals surface area contributed by atoms with Gasteiger partial charge in [-0.2, -0.15) is 0 Å². The summed E-state index contributed by atoms with van der Waals surface area (Å²) in [5, 5.41) is 79.6. The van der Waals surface area contributed by atoms with E-state index in [2.05, 4.69) is 31.2 Å². The Morgan fingerprint density at radius 2 is 1.43 bits per heavy atom. The van der Waals surface area contributed by atoms with Crippen molar-refractivity contribution in [1.29, 1.82) is 0 Å². The van der Waals surface area contributed by atoms with E-state index in [1.807, 2.05) is 6.92 Å². The molecule has 2 rings (SSSR count). The van der Waals surface area contributed by atoms with Crippen LogP contribution >= 0.6 is 15.6 Å². The zero-order chi connectivity index (χ0) is 51.4. The number of Topliss-reactive ketones (excluding diaryl/α,β-unsaturated/α-hetero) is 1. The Morgan fingerprint density at radius 1 is 0.812 bits per heavy atom. The van der Waals surface area contributed by atoms with Gasteiger partial charge in [0.25, 0.3) is 0 Å². The van der Waals surface area contributed by atoms with Crippen molar-refractivity contribution in [2.75, 3.05) is 13.2 Å². The zero-order valence-corrected chi connectivity index (χ0v) is 42.1. The van der Waals surface area contributed by atoms with Crippen molar-refractivity contribution in [3.8, 4) is 0 Å². The van der Waals surface area contributed by atoms with Gasteiger partial charge in [-0.3, -0.25) is 28.0 Å². The molecule has 1 saturated heterocycles. The SMILES string of the molecule is CCCCC/C=C\C/C=C\CCCCCCCC(=O)OC[C@@H]1COP(=O)(O)O[C@H]2[C@H](O)[C@@H](O)[C@H](O)[C@@H](CC(=O)CCCCC(=O)O1)[C@@H](O)C[C@@H](O)[C@H](/C=C/[C@@H](O)CCCCC)[C@@H](O)[C@H]2OP(=O)(O)O. The van der Waals surface area contributed by atoms with Crippen LogP contribution in [0.4, 0.5) is 0 Å². The first-order chi connectivity index (χ1) is 32.7. The van der Waals surface area contributed by atoms with Gasteiger partial charge in [-0.05, 0) is 57.8 Å². The molecule has 0 spiro atoms. The number of carbonyl (C=O) groups excluding carboxylic acids is 3. The minimum Gasteiger partial charge on any atom is -0.462 e. The maximum atomic E-state index is 13.7. The van der Waals surface area contributed by atoms with Crippen LogP contribution in [0.3, 0.4) is 0 Å². The highest BCUT2D eigenvalue weighted by Crippen LogP contribution is 2.50. The van der Waals surface area contributed by atoms with Gasteiger partial charge in [-0.1, -0.05) is 102 Å². The summed E-state index contributed by atoms with van der Waals surface area (Å²) >= 11 is 0. The second-order valence-corrected chi connectivity index (χ2v) is 20.7. The van der Waals surface area contributed by atoms with Gasteiger partial charge in [-0.25, -0.2) is 9.13 Å². The van der Waals surface area contributed by atoms with Crippen LogP contribution in [-0.2, 0) is 46.6 Å². The molecule has 1 saturated carbocycles. The first-order valence-corrected chi connectivity index (χ1v) is 27.7. The number of hydrogen-bond acceptors (Lipinski definition) is 17. The normalized spacial score (nSPS) is 31.4. The number of aliphatic hydroxyl groups excluding tert-OH is 7. The average molecular weight is 1030 g/mol. The van der Waals surface area contributed by atoms with Crippen LogP contribution in [0.2, 0.25) is 0 Å². The zero-order valence-electron chi connectivity index (χ0n) is 40.3. The first-order valence-electron chi connectivity index (χ1n) is 24.7. The number of ether oxygens (including phenoxy) is 2. The van der Waals surface area contributed by atoms with Gasteiger partial charge >= 0.3 is 27.6 Å². The Hall–Kier alpha value is -2.23. The number of allylic oxidation sites excluding steroid dienone is 4. The van der Waals surface area contributed by atoms with Crippen molar-refractivity contribution in [2.24, 2.45) is 11.8 Å². The largest absolute Gasteiger partial charge is 0.472 e. The molecule has 1 unspecified atom stereocenters. The molecule has 22 heteroatoms. The molecule has 1 heterocycles. The molecule has 2 aliphatic rings. The number of rotatable bonds is 24. The summed E-state index contributed by atoms with van der Waals surface area (Å²) in [6.07, 6.45) is 0.250. The van der Waals surface area contributed by atoms with Crippen LogP contribution in [0.15, 0.2) is 36.5 Å². The lowest BCUT2D eigenvalue weighted by Gasteiger charge is -2.38. The third-order valence-electron chi connectivity index (χ3n) is 12.2. The number of phosphoric acid groups is 2. The monoisotopic (exact) mass is 1030 g/mol. The van der Waals surface area contributed by atoms with E-state index in [-0.39, 0.29) is 38.5 Å². The second-order valence-electron chi connectivity index (χ2n) is 18.1. The number of phosphoric ester groups is 2. The van der Waals surface area contributed by atoms with Crippen LogP contribution in [0.5, 0.6) is 0 Å². The Bertz CT molecular complexity index is 1650. The highest BCUT2D eigenvalue weighted by atomic mass is 31.2. The van der Waals surface area contributed by atoms with E-state index in [4.69, 9.17) is 23.0 Å². The van der Waals surface area contributed by atoms with Crippen LogP contribution < -0.4 is 0 Å². The highest BCUT2D eigenvalue weighted by molar-refractivity contribution is 7.47. The standard InChI is InChI=1S/C47H82O20P2/c1-3-5-7-8-9-10-11-12-13-14-15-16-17-18-20-25-40(52)63-31-35-32-64-69(61,62)67-47-45(57)44(56)42(54)37(29-34(49)24-21-22-26-41(53)65-35)39(51)30-38(50)36(28-27-33(48)23-19-6-4-2)43(55)46(47)66-68(58,59)60/h9-10,12-13,27-28,33,35-39,42-48,50-51,54-57H,3-8,11,14-26,29-32H2,1-2H3,(H,61,62)(H2,58,59,60)/b10-9-,13-12-,28-27+/t33-,35+,36-,37-,38+,39-,42+,43+,44-,45+,46+,47-/m0/s1. The lowest BCUT2D eigenvalue weighted by Crippen LogP contribution is -2.56. The Kier molecular flexibility index (Phi) is 31.2. The van der Waals surface area contributed by atoms with Gasteiger partial charge in [0.2, 0.25) is 0 Å². The average Bonchev–Trinajstić information content (AvgIpc) is 3.29. The molecule has 0 amide bonds. The molecular weight excluding hydrogens is 946 g/mol. The lowest BCUT2D eigenvalue weighted by molar-refractivity contribution is -0.166. The van der Waals surface area contributed by atoms with E-state index < -0.39 is 132 Å². The fraction of sp³-hybridized carbons (Fsp3) is 0.809. The maximum Gasteiger partial charge on any atom is 0.472 e. The van der Waals surface area contributed by atoms with Gasteiger partial charge in [0.05, 0.1) is 37.1 Å². The molecule has 0 aromatic heterocycles. The fourth-order valence-corrected chi connectivity index (χ4v) is 9.70. The van der Waals surface area contributed by atoms with Gasteiger partial charge in [0.1, 0.15) is 36.8 Å². The second kappa shape index (κ2) is 34.2. The van der Waals surface area contributed by atoms with Crippen molar-refractivity contribution in [2.45, 2.75) is 216 Å². The number of aliphatic hydroxyl groups is 7. The Balaban J connectivity index is 2.34. The number of hydrogen-bond donors (Lipinski definition) is 10. The smallest absolute Gasteiger partial charge is 0.462 e. The molecule has 0 aromatic carbocycles. The minimum atomic E-state index is -5.81. The molecule has 10 N–H and O–H groups in total. The van der Waals surface area contributed by atoms with Crippen molar-refractivity contribution < 1.29 is 97.0 Å². The topological polar surface area (TPSA) is 334 Å². The number of fused-ring (bicyclic) bond motifs is 4. The number of unbranched alkanes of at least 4 members (excludes halogenated alkanes) is 10. The van der Waals surface area contributed by atoms with Gasteiger partial charge in [0, 0.05) is 43.9 Å². The summed E-state index contributed by atoms with van der Waals surface area (Å²) in [6, 6.07) is 0. The number of carbonyl (C=O) groups is 3. The van der Waals surface area contributed by atoms with Crippen molar-refractivity contribution in [3.63, 3.8) is 0 Å². The van der Waals surface area contributed by atoms with E-state index in [1.165, 1.54) is 19.3 Å². The molecule has 13 atom stereocenters. The number of esters is 2. The molecule has 400 valence electrons. The summed E-state index contributed by atoms with van der Waals surface area (Å²) in [5.74, 6) is -5.58. The van der Waals surface area contributed by atoms with E-state index in [0.717, 1.165) is 69.9 Å². The van der Waals surface area contributed by atoms with E-state index >= 15 is 0 Å². The summed E-state index contributed by atoms with van der Waals surface area (Å²) in [5.41, 5.74) is 0. The summed E-state index contributed by atoms with van der Waals surface area (Å²) in [6.45, 7) is 2.43. The Morgan fingerprint density at radius 3 is 2.10 bits per heavy atom. The predicted molar refractivity (Wildman–Crippen MR) is 253 cm³/mol. The van der Waals surface area contributed by atoms with Crippen molar-refractivity contribution in [3.05, 3.63) is 36.5 Å². The molecule has 2 bridgehead atoms. The Labute approximate surface area is 407 Å². The number of ketones is 1. The molecule has 1 aliphatic heterocycles. The van der Waals surface area contributed by atoms with E-state index in [1.54, 1.807) is 0 Å². The molecule has 0 radical (unpaired) electrons. The number of cyclic esters (lactones) is 1. The van der Waals surface area contributed by atoms with Crippen LogP contribution in [0.25, 0.3) is 0 Å². The lowest BCUT2D eigenvalue weighted by atomic mass is 9.82. The van der Waals surface area contributed by atoms with Gasteiger partial charge in [-0.15, -0.1) is 0 Å². The molecule has 0 aromatic rings.